The van der Waals surface area contributed by atoms with Gasteiger partial charge in [-0.3, -0.25) is 0 Å². The summed E-state index contributed by atoms with van der Waals surface area (Å²) in [5.74, 6) is 17.4. The number of fused-ring (bicyclic) bond motifs is 8. The van der Waals surface area contributed by atoms with Crippen LogP contribution in [0.25, 0.3) is 0 Å². The van der Waals surface area contributed by atoms with Gasteiger partial charge >= 0.3 is 0 Å². The summed E-state index contributed by atoms with van der Waals surface area (Å²) in [6, 6.07) is 0. The Morgan fingerprint density at radius 2 is 0.446 bits per heavy atom. The van der Waals surface area contributed by atoms with Crippen LogP contribution in [-0.2, 0) is 18.9 Å². The molecule has 1 heterocycles. The first kappa shape index (κ1) is 82.4. The van der Waals surface area contributed by atoms with Crippen LogP contribution in [-0.4, -0.2) is 75.3 Å². The monoisotopic (exact) mass is 1290 g/mol. The first-order valence-electron chi connectivity index (χ1n) is 42.1. The van der Waals surface area contributed by atoms with Crippen molar-refractivity contribution in [1.82, 2.24) is 0 Å². The van der Waals surface area contributed by atoms with E-state index in [2.05, 4.69) is 83.1 Å². The summed E-state index contributed by atoms with van der Waals surface area (Å²) in [4.78, 5) is 0. The molecule has 6 nitrogen and oxygen atoms in total. The van der Waals surface area contributed by atoms with Crippen molar-refractivity contribution in [3.8, 4) is 0 Å². The maximum atomic E-state index is 10.1. The van der Waals surface area contributed by atoms with Crippen LogP contribution >= 0.6 is 0 Å². The molecule has 92 heavy (non-hydrogen) atoms. The van der Waals surface area contributed by atoms with Gasteiger partial charge in [0.1, 0.15) is 12.2 Å². The first-order chi connectivity index (χ1) is 44.5. The third kappa shape index (κ3) is 36.2. The van der Waals surface area contributed by atoms with E-state index in [1.165, 1.54) is 257 Å². The second-order valence-corrected chi connectivity index (χ2v) is 35.8. The fraction of sp³-hybridized carbons (Fsp3) is 1.00. The molecular formula is C86H164O6. The lowest BCUT2D eigenvalue weighted by molar-refractivity contribution is -0.0471. The molecule has 5 rings (SSSR count). The van der Waals surface area contributed by atoms with Crippen molar-refractivity contribution >= 4 is 0 Å². The Labute approximate surface area is 575 Å². The summed E-state index contributed by atoms with van der Waals surface area (Å²) in [6.45, 7) is 34.3. The minimum atomic E-state index is -0.195. The van der Waals surface area contributed by atoms with E-state index in [0.717, 1.165) is 147 Å². The molecular weight excluding hydrogens is 1130 g/mol. The summed E-state index contributed by atoms with van der Waals surface area (Å²) in [5.41, 5.74) is 0. The van der Waals surface area contributed by atoms with E-state index < -0.39 is 0 Å². The van der Waals surface area contributed by atoms with E-state index in [1.54, 1.807) is 0 Å². The van der Waals surface area contributed by atoms with Crippen LogP contribution in [0.4, 0.5) is 0 Å². The molecule has 5 fully saturated rings. The number of aliphatic hydroxyl groups is 2. The topological polar surface area (TPSA) is 77.4 Å². The molecule has 22 unspecified atom stereocenters. The molecule has 1 saturated heterocycles. The summed E-state index contributed by atoms with van der Waals surface area (Å²) < 4.78 is 24.6. The summed E-state index contributed by atoms with van der Waals surface area (Å²) in [6.07, 6.45) is 60.8. The molecule has 1 aliphatic heterocycles. The first-order valence-corrected chi connectivity index (χ1v) is 42.1. The predicted octanol–water partition coefficient (Wildman–Crippen LogP) is 24.6. The Bertz CT molecular complexity index is 1600. The molecule has 0 spiro atoms. The Morgan fingerprint density at radius 3 is 0.685 bits per heavy atom. The van der Waals surface area contributed by atoms with Gasteiger partial charge in [-0.1, -0.05) is 289 Å². The molecule has 0 aromatic heterocycles. The highest BCUT2D eigenvalue weighted by molar-refractivity contribution is 4.84. The fourth-order valence-electron chi connectivity index (χ4n) is 19.2. The van der Waals surface area contributed by atoms with E-state index >= 15 is 0 Å². The van der Waals surface area contributed by atoms with Gasteiger partial charge in [0.15, 0.2) is 0 Å². The maximum Gasteiger partial charge on any atom is 0.104 e. The molecule has 8 bridgehead atoms. The van der Waals surface area contributed by atoms with E-state index in [9.17, 15) is 10.2 Å². The average Bonchev–Trinajstić information content (AvgIpc) is 4.60. The Balaban J connectivity index is 0.961. The third-order valence-corrected chi connectivity index (χ3v) is 27.0. The van der Waals surface area contributed by atoms with Crippen molar-refractivity contribution in [2.24, 2.45) is 118 Å². The zero-order valence-electron chi connectivity index (χ0n) is 64.0. The standard InChI is InChI=1S/C86H164O6/c1-65-21-13-29-73(9)81-45-41-77(57-81)33-17-25-69(5)49-53-89-63-85(61-87)91-55-51-71(7)27-19-35-79-43-47-83(59-79)75(11)31-15-23-67(3)39-40-68(4)24-16-32-76(12)84-48-44-80(60-84)36-20-28-72(8)52-56-92-86(62-88)64-90-54-50-70(6)26-18-34-78-42-46-82(58-78)74(10)30-14-22-66(2)38-37-65/h65-88H,13-64H2,1-12H3. The van der Waals surface area contributed by atoms with Gasteiger partial charge in [-0.25, -0.2) is 0 Å². The van der Waals surface area contributed by atoms with Gasteiger partial charge in [0.2, 0.25) is 0 Å². The van der Waals surface area contributed by atoms with Gasteiger partial charge in [-0.15, -0.1) is 0 Å². The normalized spacial score (nSPS) is 40.6. The highest BCUT2D eigenvalue weighted by Crippen LogP contribution is 2.44. The lowest BCUT2D eigenvalue weighted by Crippen LogP contribution is -2.25. The van der Waals surface area contributed by atoms with Crippen LogP contribution in [0.15, 0.2) is 0 Å². The van der Waals surface area contributed by atoms with Crippen LogP contribution < -0.4 is 0 Å². The van der Waals surface area contributed by atoms with Crippen LogP contribution in [0, 0.1) is 118 Å². The lowest BCUT2D eigenvalue weighted by Gasteiger charge is -2.22. The Morgan fingerprint density at radius 1 is 0.228 bits per heavy atom. The van der Waals surface area contributed by atoms with Gasteiger partial charge in [0, 0.05) is 26.4 Å². The molecule has 0 amide bonds. The summed E-state index contributed by atoms with van der Waals surface area (Å²) in [7, 11) is 0. The SMILES string of the molecule is CC1CCCC2CCC(C2)C(C)CCCC(C)CCC(C)CCCC(C)C2CCC(CCCC(C)CCOCC(CO)OCCC(C)CCCC3CCC(C3)C(C)CCCC(C)CCC(C)CCCC(C)C3CCC(CCCC(C)CCOC(CO)COCC1)C3)C2. The van der Waals surface area contributed by atoms with E-state index in [4.69, 9.17) is 18.9 Å². The maximum absolute atomic E-state index is 10.1. The zero-order chi connectivity index (χ0) is 66.3. The second kappa shape index (κ2) is 49.3. The lowest BCUT2D eigenvalue weighted by atomic mass is 9.84. The summed E-state index contributed by atoms with van der Waals surface area (Å²) in [5, 5.41) is 20.2. The average molecular weight is 1290 g/mol. The molecule has 0 aromatic rings. The highest BCUT2D eigenvalue weighted by Gasteiger charge is 2.32. The molecule has 0 aromatic carbocycles. The summed E-state index contributed by atoms with van der Waals surface area (Å²) >= 11 is 0. The van der Waals surface area contributed by atoms with Crippen LogP contribution in [0.2, 0.25) is 0 Å². The van der Waals surface area contributed by atoms with Crippen molar-refractivity contribution in [3.63, 3.8) is 0 Å². The Kier molecular flexibility index (Phi) is 44.2. The number of hydrogen-bond acceptors (Lipinski definition) is 6. The van der Waals surface area contributed by atoms with Gasteiger partial charge in [-0.2, -0.15) is 0 Å². The van der Waals surface area contributed by atoms with E-state index in [-0.39, 0.29) is 25.4 Å². The molecule has 5 aliphatic rings. The Hall–Kier alpha value is -0.240. The smallest absolute Gasteiger partial charge is 0.104 e. The van der Waals surface area contributed by atoms with Gasteiger partial charge in [-0.05, 0) is 195 Å². The van der Waals surface area contributed by atoms with Gasteiger partial charge < -0.3 is 29.2 Å². The van der Waals surface area contributed by atoms with Crippen LogP contribution in [0.5, 0.6) is 0 Å². The molecule has 0 radical (unpaired) electrons. The minimum Gasteiger partial charge on any atom is -0.394 e. The molecule has 6 heteroatoms. The number of rotatable bonds is 2. The highest BCUT2D eigenvalue weighted by atomic mass is 16.5. The number of aliphatic hydroxyl groups excluding tert-OH is 2. The molecule has 544 valence electrons. The van der Waals surface area contributed by atoms with Crippen molar-refractivity contribution in [2.75, 3.05) is 52.9 Å². The predicted molar refractivity (Wildman–Crippen MR) is 396 cm³/mol. The minimum absolute atomic E-state index is 0.0513. The van der Waals surface area contributed by atoms with Crippen molar-refractivity contribution < 1.29 is 29.2 Å². The number of hydrogen-bond donors (Lipinski definition) is 2. The molecule has 2 N–H and O–H groups in total. The second-order valence-electron chi connectivity index (χ2n) is 35.8. The van der Waals surface area contributed by atoms with Gasteiger partial charge in [0.05, 0.1) is 26.4 Å². The van der Waals surface area contributed by atoms with Crippen molar-refractivity contribution in [1.29, 1.82) is 0 Å². The van der Waals surface area contributed by atoms with Gasteiger partial charge in [0.25, 0.3) is 0 Å². The fourth-order valence-corrected chi connectivity index (χ4v) is 19.2. The van der Waals surface area contributed by atoms with Crippen molar-refractivity contribution in [3.05, 3.63) is 0 Å². The quantitative estimate of drug-likeness (QED) is 0.287. The van der Waals surface area contributed by atoms with E-state index in [1.807, 2.05) is 0 Å². The molecule has 4 saturated carbocycles. The largest absolute Gasteiger partial charge is 0.394 e. The number of ether oxygens (including phenoxy) is 4. The molecule has 4 aliphatic carbocycles. The third-order valence-electron chi connectivity index (χ3n) is 27.0. The van der Waals surface area contributed by atoms with Crippen molar-refractivity contribution in [2.45, 2.75) is 378 Å². The molecule has 22 atom stereocenters. The zero-order valence-corrected chi connectivity index (χ0v) is 64.0. The van der Waals surface area contributed by atoms with E-state index in [0.29, 0.717) is 36.9 Å². The van der Waals surface area contributed by atoms with Crippen LogP contribution in [0.1, 0.15) is 366 Å². The van der Waals surface area contributed by atoms with Crippen LogP contribution in [0.3, 0.4) is 0 Å².